The van der Waals surface area contributed by atoms with Gasteiger partial charge >= 0.3 is 5.88 Å². The van der Waals surface area contributed by atoms with E-state index in [4.69, 9.17) is 4.42 Å². The van der Waals surface area contributed by atoms with Crippen LogP contribution in [-0.2, 0) is 4.79 Å². The number of benzene rings is 1. The molecule has 8 heteroatoms. The number of aliphatic imine (C=N–C) groups is 1. The third-order valence-electron chi connectivity index (χ3n) is 2.70. The Morgan fingerprint density at radius 1 is 1.23 bits per heavy atom. The van der Waals surface area contributed by atoms with Crippen LogP contribution in [0.15, 0.2) is 56.8 Å². The maximum Gasteiger partial charge on any atom is 0.433 e. The van der Waals surface area contributed by atoms with E-state index < -0.39 is 4.92 Å². The number of carbonyl (C=O) groups excluding carboxylic acids is 1. The van der Waals surface area contributed by atoms with Crippen molar-refractivity contribution in [3.8, 4) is 0 Å². The van der Waals surface area contributed by atoms with E-state index in [9.17, 15) is 14.9 Å². The molecule has 0 saturated carbocycles. The first-order chi connectivity index (χ1) is 10.6. The van der Waals surface area contributed by atoms with Crippen molar-refractivity contribution in [2.24, 2.45) is 4.99 Å². The Balaban J connectivity index is 1.81. The summed E-state index contributed by atoms with van der Waals surface area (Å²) in [7, 11) is 0. The van der Waals surface area contributed by atoms with E-state index in [1.54, 1.807) is 0 Å². The molecule has 0 atom stereocenters. The van der Waals surface area contributed by atoms with Gasteiger partial charge in [0.15, 0.2) is 5.17 Å². The Hall–Kier alpha value is -2.87. The minimum Gasteiger partial charge on any atom is -0.401 e. The molecule has 3 rings (SSSR count). The van der Waals surface area contributed by atoms with Gasteiger partial charge in [-0.05, 0) is 30.0 Å². The molecule has 22 heavy (non-hydrogen) atoms. The largest absolute Gasteiger partial charge is 0.433 e. The van der Waals surface area contributed by atoms with Gasteiger partial charge in [-0.25, -0.2) is 4.99 Å². The lowest BCUT2D eigenvalue weighted by Gasteiger charge is -1.94. The molecule has 1 aliphatic heterocycles. The lowest BCUT2D eigenvalue weighted by Crippen LogP contribution is -2.19. The fourth-order valence-electron chi connectivity index (χ4n) is 1.75. The van der Waals surface area contributed by atoms with Crippen LogP contribution in [0, 0.1) is 10.1 Å². The highest BCUT2D eigenvalue weighted by molar-refractivity contribution is 8.18. The second-order valence-corrected chi connectivity index (χ2v) is 5.28. The zero-order valence-corrected chi connectivity index (χ0v) is 11.9. The number of amidine groups is 1. The molecule has 1 N–H and O–H groups in total. The van der Waals surface area contributed by atoms with Crippen LogP contribution in [0.5, 0.6) is 0 Å². The molecule has 0 bridgehead atoms. The maximum absolute atomic E-state index is 11.9. The van der Waals surface area contributed by atoms with Crippen LogP contribution in [0.3, 0.4) is 0 Å². The van der Waals surface area contributed by atoms with Gasteiger partial charge in [0.1, 0.15) is 10.7 Å². The van der Waals surface area contributed by atoms with Crippen molar-refractivity contribution in [3.63, 3.8) is 0 Å². The number of nitro groups is 1. The summed E-state index contributed by atoms with van der Waals surface area (Å²) in [6, 6.07) is 11.9. The van der Waals surface area contributed by atoms with Crippen molar-refractivity contribution < 1.29 is 14.1 Å². The zero-order valence-electron chi connectivity index (χ0n) is 11.1. The van der Waals surface area contributed by atoms with Crippen LogP contribution >= 0.6 is 11.8 Å². The smallest absolute Gasteiger partial charge is 0.401 e. The fourth-order valence-corrected chi connectivity index (χ4v) is 2.57. The van der Waals surface area contributed by atoms with E-state index in [1.807, 2.05) is 30.3 Å². The minimum atomic E-state index is -0.633. The number of furan rings is 1. The highest BCUT2D eigenvalue weighted by Gasteiger charge is 2.24. The molecule has 1 aromatic carbocycles. The van der Waals surface area contributed by atoms with E-state index in [2.05, 4.69) is 10.3 Å². The number of nitrogens with one attached hydrogen (secondary N) is 1. The average Bonchev–Trinajstić information content (AvgIpc) is 3.08. The number of rotatable bonds is 3. The van der Waals surface area contributed by atoms with E-state index in [0.29, 0.717) is 10.1 Å². The lowest BCUT2D eigenvalue weighted by molar-refractivity contribution is -0.402. The Morgan fingerprint density at radius 2 is 2.00 bits per heavy atom. The Kier molecular flexibility index (Phi) is 3.75. The van der Waals surface area contributed by atoms with Crippen LogP contribution in [0.25, 0.3) is 6.08 Å². The third-order valence-corrected chi connectivity index (χ3v) is 3.61. The topological polar surface area (TPSA) is 97.7 Å². The van der Waals surface area contributed by atoms with Gasteiger partial charge < -0.3 is 9.73 Å². The number of carbonyl (C=O) groups is 1. The van der Waals surface area contributed by atoms with Crippen molar-refractivity contribution in [3.05, 3.63) is 63.2 Å². The van der Waals surface area contributed by atoms with Crippen LogP contribution < -0.4 is 5.32 Å². The second kappa shape index (κ2) is 5.86. The molecule has 0 unspecified atom stereocenters. The third kappa shape index (κ3) is 3.07. The first kappa shape index (κ1) is 14.1. The van der Waals surface area contributed by atoms with Gasteiger partial charge in [-0.3, -0.25) is 14.9 Å². The summed E-state index contributed by atoms with van der Waals surface area (Å²) < 4.78 is 5.00. The van der Waals surface area contributed by atoms with Crippen LogP contribution in [0.2, 0.25) is 0 Å². The number of hydrogen-bond acceptors (Lipinski definition) is 6. The Morgan fingerprint density at radius 3 is 2.68 bits per heavy atom. The molecule has 1 fully saturated rings. The number of amides is 1. The summed E-state index contributed by atoms with van der Waals surface area (Å²) in [5.41, 5.74) is 0.722. The molecule has 1 amide bonds. The number of thioether (sulfide) groups is 1. The molecule has 110 valence electrons. The van der Waals surface area contributed by atoms with E-state index in [-0.39, 0.29) is 17.6 Å². The van der Waals surface area contributed by atoms with Gasteiger partial charge in [-0.15, -0.1) is 0 Å². The number of hydrogen-bond donors (Lipinski definition) is 1. The van der Waals surface area contributed by atoms with Gasteiger partial charge in [0.25, 0.3) is 5.91 Å². The summed E-state index contributed by atoms with van der Waals surface area (Å²) in [4.78, 5) is 26.5. The van der Waals surface area contributed by atoms with Gasteiger partial charge in [0.05, 0.1) is 16.7 Å². The van der Waals surface area contributed by atoms with Crippen LogP contribution in [-0.4, -0.2) is 16.0 Å². The first-order valence-electron chi connectivity index (χ1n) is 6.21. The summed E-state index contributed by atoms with van der Waals surface area (Å²) in [5, 5.41) is 13.6. The van der Waals surface area contributed by atoms with Gasteiger partial charge in [-0.1, -0.05) is 18.2 Å². The Labute approximate surface area is 128 Å². The molecule has 2 aromatic rings. The monoisotopic (exact) mass is 315 g/mol. The fraction of sp³-hybridized carbons (Fsp3) is 0. The lowest BCUT2D eigenvalue weighted by atomic mass is 10.3. The standard InChI is InChI=1S/C14H9N3O4S/c18-13-11(8-10-6-7-12(21-10)17(19)20)22-14(16-13)15-9-4-2-1-3-5-9/h1-8H,(H,15,16,18)/b11-8-. The number of nitrogens with zero attached hydrogens (tertiary/aromatic N) is 2. The summed E-state index contributed by atoms with van der Waals surface area (Å²) >= 11 is 1.15. The van der Waals surface area contributed by atoms with Crippen LogP contribution in [0.1, 0.15) is 5.76 Å². The van der Waals surface area contributed by atoms with Crippen molar-refractivity contribution in [1.29, 1.82) is 0 Å². The van der Waals surface area contributed by atoms with Gasteiger partial charge in [0.2, 0.25) is 0 Å². The van der Waals surface area contributed by atoms with Crippen molar-refractivity contribution in [1.82, 2.24) is 5.32 Å². The molecule has 1 saturated heterocycles. The molecule has 0 radical (unpaired) electrons. The highest BCUT2D eigenvalue weighted by Crippen LogP contribution is 2.29. The normalized spacial score (nSPS) is 17.9. The van der Waals surface area contributed by atoms with Gasteiger partial charge in [-0.2, -0.15) is 0 Å². The molecular formula is C14H9N3O4S. The molecule has 1 aliphatic rings. The minimum absolute atomic E-state index is 0.241. The van der Waals surface area contributed by atoms with Gasteiger partial charge in [0, 0.05) is 6.08 Å². The van der Waals surface area contributed by atoms with Crippen molar-refractivity contribution in [2.45, 2.75) is 0 Å². The molecular weight excluding hydrogens is 306 g/mol. The molecule has 0 spiro atoms. The summed E-state index contributed by atoms with van der Waals surface area (Å²) in [5.74, 6) is -0.447. The summed E-state index contributed by atoms with van der Waals surface area (Å²) in [6.07, 6.45) is 1.44. The van der Waals surface area contributed by atoms with Crippen molar-refractivity contribution >= 4 is 40.5 Å². The molecule has 1 aromatic heterocycles. The highest BCUT2D eigenvalue weighted by atomic mass is 32.2. The zero-order chi connectivity index (χ0) is 15.5. The predicted octanol–water partition coefficient (Wildman–Crippen LogP) is 3.08. The van der Waals surface area contributed by atoms with Crippen LogP contribution in [0.4, 0.5) is 11.6 Å². The van der Waals surface area contributed by atoms with E-state index in [0.717, 1.165) is 17.4 Å². The number of para-hydroxylation sites is 1. The average molecular weight is 315 g/mol. The Bertz CT molecular complexity index is 795. The van der Waals surface area contributed by atoms with E-state index in [1.165, 1.54) is 18.2 Å². The quantitative estimate of drug-likeness (QED) is 0.533. The first-order valence-corrected chi connectivity index (χ1v) is 7.02. The molecule has 2 heterocycles. The maximum atomic E-state index is 11.9. The SMILES string of the molecule is O=C1NC(=Nc2ccccc2)S/C1=C\c1ccc([N+](=O)[O-])o1. The summed E-state index contributed by atoms with van der Waals surface area (Å²) in [6.45, 7) is 0. The second-order valence-electron chi connectivity index (χ2n) is 4.25. The molecule has 0 aliphatic carbocycles. The van der Waals surface area contributed by atoms with E-state index >= 15 is 0 Å². The van der Waals surface area contributed by atoms with Crippen molar-refractivity contribution in [2.75, 3.05) is 0 Å². The molecule has 7 nitrogen and oxygen atoms in total. The predicted molar refractivity (Wildman–Crippen MR) is 82.6 cm³/mol.